The molecular weight excluding hydrogens is 184 g/mol. The van der Waals surface area contributed by atoms with Crippen molar-refractivity contribution < 1.29 is 5.11 Å². The molecule has 0 aliphatic rings. The second kappa shape index (κ2) is 5.01. The molecule has 1 aromatic carbocycles. The van der Waals surface area contributed by atoms with Gasteiger partial charge in [-0.25, -0.2) is 0 Å². The van der Waals surface area contributed by atoms with Gasteiger partial charge in [0.2, 0.25) is 0 Å². The van der Waals surface area contributed by atoms with Crippen LogP contribution in [0, 0.1) is 6.92 Å². The van der Waals surface area contributed by atoms with Crippen molar-refractivity contribution in [3.8, 4) is 5.75 Å². The zero-order chi connectivity index (χ0) is 11.4. The quantitative estimate of drug-likeness (QED) is 0.740. The van der Waals surface area contributed by atoms with Crippen molar-refractivity contribution in [2.75, 3.05) is 0 Å². The van der Waals surface area contributed by atoms with E-state index in [9.17, 15) is 5.11 Å². The molecule has 0 spiro atoms. The normalized spacial score (nSPS) is 10.3. The molecule has 0 aromatic heterocycles. The van der Waals surface area contributed by atoms with E-state index < -0.39 is 0 Å². The summed E-state index contributed by atoms with van der Waals surface area (Å²) in [4.78, 5) is 0. The summed E-state index contributed by atoms with van der Waals surface area (Å²) >= 11 is 0. The smallest absolute Gasteiger partial charge is 0.121 e. The fraction of sp³-hybridized carbons (Fsp3) is 0.429. The number of hydrogen-bond donors (Lipinski definition) is 1. The zero-order valence-electron chi connectivity index (χ0n) is 9.93. The topological polar surface area (TPSA) is 20.2 Å². The lowest BCUT2D eigenvalue weighted by Crippen LogP contribution is -1.93. The summed E-state index contributed by atoms with van der Waals surface area (Å²) in [5.74, 6) is 0.468. The maximum absolute atomic E-state index is 9.99. The van der Waals surface area contributed by atoms with Crippen molar-refractivity contribution in [1.82, 2.24) is 0 Å². The van der Waals surface area contributed by atoms with Gasteiger partial charge in [-0.1, -0.05) is 24.6 Å². The van der Waals surface area contributed by atoms with E-state index in [1.807, 2.05) is 19.9 Å². The first-order chi connectivity index (χ1) is 7.06. The number of phenols is 1. The van der Waals surface area contributed by atoms with Crippen LogP contribution in [-0.4, -0.2) is 5.11 Å². The van der Waals surface area contributed by atoms with Crippen molar-refractivity contribution in [2.24, 2.45) is 0 Å². The van der Waals surface area contributed by atoms with Crippen LogP contribution in [-0.2, 0) is 12.8 Å². The van der Waals surface area contributed by atoms with Gasteiger partial charge in [-0.15, -0.1) is 6.58 Å². The van der Waals surface area contributed by atoms with E-state index >= 15 is 0 Å². The molecule has 1 rings (SSSR count). The van der Waals surface area contributed by atoms with Gasteiger partial charge >= 0.3 is 0 Å². The van der Waals surface area contributed by atoms with Crippen LogP contribution in [0.2, 0.25) is 0 Å². The molecule has 1 heteroatoms. The summed E-state index contributed by atoms with van der Waals surface area (Å²) in [7, 11) is 0. The predicted octanol–water partition coefficient (Wildman–Crippen LogP) is 3.77. The average Bonchev–Trinajstić information content (AvgIpc) is 2.20. The highest BCUT2D eigenvalue weighted by atomic mass is 16.3. The molecule has 0 aliphatic carbocycles. The van der Waals surface area contributed by atoms with E-state index in [1.54, 1.807) is 0 Å². The van der Waals surface area contributed by atoms with Crippen LogP contribution in [0.5, 0.6) is 5.75 Å². The third-order valence-corrected chi connectivity index (χ3v) is 2.83. The Morgan fingerprint density at radius 2 is 1.93 bits per heavy atom. The molecule has 0 unspecified atom stereocenters. The molecule has 0 bridgehead atoms. The molecule has 0 fully saturated rings. The number of aromatic hydroxyl groups is 1. The second-order valence-electron chi connectivity index (χ2n) is 4.17. The molecule has 0 saturated heterocycles. The molecule has 82 valence electrons. The molecule has 1 nitrogen and oxygen atoms in total. The lowest BCUT2D eigenvalue weighted by atomic mass is 9.98. The molecule has 1 aromatic rings. The molecule has 0 radical (unpaired) electrons. The Morgan fingerprint density at radius 1 is 1.33 bits per heavy atom. The molecule has 15 heavy (non-hydrogen) atoms. The number of phenolic OH excluding ortho intramolecular Hbond substituents is 1. The lowest BCUT2D eigenvalue weighted by Gasteiger charge is -2.10. The third-order valence-electron chi connectivity index (χ3n) is 2.83. The SMILES string of the molecule is C=C(C)CCc1ccc(CC)c(C)c1O. The minimum absolute atomic E-state index is 0.468. The maximum atomic E-state index is 9.99. The number of allylic oxidation sites excluding steroid dienone is 1. The van der Waals surface area contributed by atoms with Crippen LogP contribution < -0.4 is 0 Å². The van der Waals surface area contributed by atoms with Gasteiger partial charge in [0.05, 0.1) is 0 Å². The van der Waals surface area contributed by atoms with Crippen molar-refractivity contribution in [3.05, 3.63) is 41.0 Å². The molecule has 0 aliphatic heterocycles. The van der Waals surface area contributed by atoms with E-state index in [4.69, 9.17) is 0 Å². The van der Waals surface area contributed by atoms with Gasteiger partial charge in [-0.2, -0.15) is 0 Å². The Labute approximate surface area is 92.5 Å². The van der Waals surface area contributed by atoms with Gasteiger partial charge in [-0.05, 0) is 49.8 Å². The standard InChI is InChI=1S/C14H20O/c1-5-12-8-9-13(7-6-10(2)3)14(15)11(12)4/h8-9,15H,2,5-7H2,1,3-4H3. The number of hydrogen-bond acceptors (Lipinski definition) is 1. The number of benzene rings is 1. The van der Waals surface area contributed by atoms with Gasteiger partial charge in [0, 0.05) is 0 Å². The van der Waals surface area contributed by atoms with E-state index in [0.717, 1.165) is 36.0 Å². The van der Waals surface area contributed by atoms with Crippen LogP contribution in [0.4, 0.5) is 0 Å². The summed E-state index contributed by atoms with van der Waals surface area (Å²) in [5, 5.41) is 9.99. The van der Waals surface area contributed by atoms with Gasteiger partial charge < -0.3 is 5.11 Å². The van der Waals surface area contributed by atoms with E-state index in [0.29, 0.717) is 5.75 Å². The molecule has 0 saturated carbocycles. The number of aryl methyl sites for hydroxylation is 2. The summed E-state index contributed by atoms with van der Waals surface area (Å²) in [6, 6.07) is 4.15. The zero-order valence-corrected chi connectivity index (χ0v) is 9.93. The molecule has 1 N–H and O–H groups in total. The highest BCUT2D eigenvalue weighted by molar-refractivity contribution is 5.45. The van der Waals surface area contributed by atoms with Crippen molar-refractivity contribution in [2.45, 2.75) is 40.0 Å². The third kappa shape index (κ3) is 2.85. The van der Waals surface area contributed by atoms with E-state index in [1.165, 1.54) is 5.56 Å². The van der Waals surface area contributed by atoms with Crippen molar-refractivity contribution in [1.29, 1.82) is 0 Å². The van der Waals surface area contributed by atoms with Crippen molar-refractivity contribution >= 4 is 0 Å². The fourth-order valence-electron chi connectivity index (χ4n) is 1.73. The predicted molar refractivity (Wildman–Crippen MR) is 65.4 cm³/mol. The van der Waals surface area contributed by atoms with Gasteiger partial charge in [0.15, 0.2) is 0 Å². The van der Waals surface area contributed by atoms with Crippen LogP contribution >= 0.6 is 0 Å². The summed E-state index contributed by atoms with van der Waals surface area (Å²) in [6.07, 6.45) is 2.80. The van der Waals surface area contributed by atoms with Gasteiger partial charge in [0.25, 0.3) is 0 Å². The summed E-state index contributed by atoms with van der Waals surface area (Å²) in [5.41, 5.74) is 4.45. The Hall–Kier alpha value is -1.24. The monoisotopic (exact) mass is 204 g/mol. The highest BCUT2D eigenvalue weighted by Gasteiger charge is 2.07. The maximum Gasteiger partial charge on any atom is 0.121 e. The first-order valence-corrected chi connectivity index (χ1v) is 5.51. The molecule has 0 atom stereocenters. The first kappa shape index (κ1) is 11.8. The molecule has 0 heterocycles. The minimum Gasteiger partial charge on any atom is -0.507 e. The average molecular weight is 204 g/mol. The van der Waals surface area contributed by atoms with Crippen molar-refractivity contribution in [3.63, 3.8) is 0 Å². The second-order valence-corrected chi connectivity index (χ2v) is 4.17. The molecular formula is C14H20O. The van der Waals surface area contributed by atoms with E-state index in [2.05, 4.69) is 19.6 Å². The first-order valence-electron chi connectivity index (χ1n) is 5.51. The molecule has 0 amide bonds. The minimum atomic E-state index is 0.468. The Morgan fingerprint density at radius 3 is 2.47 bits per heavy atom. The van der Waals surface area contributed by atoms with Crippen LogP contribution in [0.15, 0.2) is 24.3 Å². The summed E-state index contributed by atoms with van der Waals surface area (Å²) in [6.45, 7) is 9.98. The van der Waals surface area contributed by atoms with Crippen LogP contribution in [0.1, 0.15) is 37.0 Å². The highest BCUT2D eigenvalue weighted by Crippen LogP contribution is 2.27. The Balaban J connectivity index is 2.91. The summed E-state index contributed by atoms with van der Waals surface area (Å²) < 4.78 is 0. The Bertz CT molecular complexity index is 364. The lowest BCUT2D eigenvalue weighted by molar-refractivity contribution is 0.462. The largest absolute Gasteiger partial charge is 0.507 e. The van der Waals surface area contributed by atoms with Gasteiger partial charge in [-0.3, -0.25) is 0 Å². The number of rotatable bonds is 4. The van der Waals surface area contributed by atoms with E-state index in [-0.39, 0.29) is 0 Å². The Kier molecular flexibility index (Phi) is 3.96. The fourth-order valence-corrected chi connectivity index (χ4v) is 1.73. The van der Waals surface area contributed by atoms with Crippen LogP contribution in [0.25, 0.3) is 0 Å². The van der Waals surface area contributed by atoms with Gasteiger partial charge in [0.1, 0.15) is 5.75 Å². The van der Waals surface area contributed by atoms with Crippen LogP contribution in [0.3, 0.4) is 0 Å².